The second kappa shape index (κ2) is 13.8. The molecule has 0 aliphatic heterocycles. The first kappa shape index (κ1) is 30.5. The van der Waals surface area contributed by atoms with E-state index >= 15 is 0 Å². The number of hydrogen-bond donors (Lipinski definition) is 1. The van der Waals surface area contributed by atoms with Gasteiger partial charge in [-0.2, -0.15) is 0 Å². The molecule has 0 saturated carbocycles. The number of hydrogen-bond acceptors (Lipinski definition) is 4. The number of carbonyl (C=O) groups is 2. The summed E-state index contributed by atoms with van der Waals surface area (Å²) < 4.78 is 28.9. The second-order valence-corrected chi connectivity index (χ2v) is 11.7. The van der Waals surface area contributed by atoms with Crippen LogP contribution in [0.2, 0.25) is 10.0 Å². The molecule has 0 fully saturated rings. The first-order chi connectivity index (χ1) is 18.6. The maximum Gasteiger partial charge on any atom is 0.264 e. The highest BCUT2D eigenvalue weighted by atomic mass is 35.5. The Bertz CT molecular complexity index is 1400. The van der Waals surface area contributed by atoms with Gasteiger partial charge in [-0.15, -0.1) is 0 Å². The Hall–Kier alpha value is -3.07. The second-order valence-electron chi connectivity index (χ2n) is 9.03. The van der Waals surface area contributed by atoms with Gasteiger partial charge in [-0.3, -0.25) is 13.9 Å². The summed E-state index contributed by atoms with van der Waals surface area (Å²) in [4.78, 5) is 28.3. The molecule has 7 nitrogen and oxygen atoms in total. The largest absolute Gasteiger partial charge is 0.354 e. The van der Waals surface area contributed by atoms with E-state index in [9.17, 15) is 18.0 Å². The van der Waals surface area contributed by atoms with Crippen LogP contribution in [0.25, 0.3) is 0 Å². The number of benzene rings is 3. The highest BCUT2D eigenvalue weighted by molar-refractivity contribution is 7.92. The van der Waals surface area contributed by atoms with E-state index < -0.39 is 28.5 Å². The predicted octanol–water partition coefficient (Wildman–Crippen LogP) is 5.69. The minimum atomic E-state index is -4.12. The molecule has 3 aromatic carbocycles. The molecular formula is C29H33Cl2N3O4S. The minimum absolute atomic E-state index is 0.00973. The van der Waals surface area contributed by atoms with Gasteiger partial charge in [0, 0.05) is 23.1 Å². The van der Waals surface area contributed by atoms with Crippen LogP contribution in [0.5, 0.6) is 0 Å². The third-order valence-electron chi connectivity index (χ3n) is 6.32. The first-order valence-corrected chi connectivity index (χ1v) is 15.0. The van der Waals surface area contributed by atoms with Crippen molar-refractivity contribution < 1.29 is 18.0 Å². The smallest absolute Gasteiger partial charge is 0.264 e. The van der Waals surface area contributed by atoms with E-state index in [0.717, 1.165) is 16.3 Å². The van der Waals surface area contributed by atoms with Gasteiger partial charge in [-0.1, -0.05) is 79.5 Å². The molecule has 0 bridgehead atoms. The third kappa shape index (κ3) is 7.53. The number of anilines is 1. The molecule has 0 radical (unpaired) electrons. The molecule has 0 unspecified atom stereocenters. The van der Waals surface area contributed by atoms with Gasteiger partial charge in [-0.05, 0) is 61.2 Å². The standard InChI is InChI=1S/C29H33Cl2N3O4S/c1-4-17-32-29(36)21(3)33(19-23-15-16-24(30)18-26(23)31)28(35)20-34(27-14-10-9-11-22(27)5-2)39(37,38)25-12-7-6-8-13-25/h6-16,18,21H,4-5,17,19-20H2,1-3H3,(H,32,36)/t21-/m0/s1. The summed E-state index contributed by atoms with van der Waals surface area (Å²) in [5, 5.41) is 3.59. The van der Waals surface area contributed by atoms with E-state index in [-0.39, 0.29) is 17.3 Å². The fourth-order valence-corrected chi connectivity index (χ4v) is 6.04. The van der Waals surface area contributed by atoms with Gasteiger partial charge in [0.25, 0.3) is 10.0 Å². The number of para-hydroxylation sites is 1. The van der Waals surface area contributed by atoms with Crippen LogP contribution in [0.4, 0.5) is 5.69 Å². The molecule has 0 heterocycles. The van der Waals surface area contributed by atoms with Gasteiger partial charge in [0.05, 0.1) is 10.6 Å². The molecule has 39 heavy (non-hydrogen) atoms. The topological polar surface area (TPSA) is 86.8 Å². The number of nitrogens with zero attached hydrogens (tertiary/aromatic N) is 2. The van der Waals surface area contributed by atoms with Crippen LogP contribution < -0.4 is 9.62 Å². The molecule has 3 rings (SSSR count). The highest BCUT2D eigenvalue weighted by Crippen LogP contribution is 2.29. The van der Waals surface area contributed by atoms with Crippen molar-refractivity contribution in [3.63, 3.8) is 0 Å². The lowest BCUT2D eigenvalue weighted by Gasteiger charge is -2.32. The van der Waals surface area contributed by atoms with Crippen LogP contribution in [-0.2, 0) is 32.6 Å². The maximum atomic E-state index is 14.0. The molecule has 2 amide bonds. The number of rotatable bonds is 12. The third-order valence-corrected chi connectivity index (χ3v) is 8.68. The first-order valence-electron chi connectivity index (χ1n) is 12.8. The molecule has 0 aromatic heterocycles. The molecule has 1 N–H and O–H groups in total. The summed E-state index contributed by atoms with van der Waals surface area (Å²) in [6.45, 7) is 5.39. The van der Waals surface area contributed by atoms with Crippen LogP contribution in [0.15, 0.2) is 77.7 Å². The van der Waals surface area contributed by atoms with Gasteiger partial charge in [0.2, 0.25) is 11.8 Å². The van der Waals surface area contributed by atoms with E-state index in [1.807, 2.05) is 26.0 Å². The minimum Gasteiger partial charge on any atom is -0.354 e. The monoisotopic (exact) mass is 589 g/mol. The predicted molar refractivity (Wildman–Crippen MR) is 157 cm³/mol. The van der Waals surface area contributed by atoms with Crippen LogP contribution in [0.1, 0.15) is 38.3 Å². The van der Waals surface area contributed by atoms with E-state index in [0.29, 0.717) is 34.3 Å². The van der Waals surface area contributed by atoms with Crippen molar-refractivity contribution in [1.29, 1.82) is 0 Å². The Kier molecular flexibility index (Phi) is 10.8. The Morgan fingerprint density at radius 3 is 2.23 bits per heavy atom. The van der Waals surface area contributed by atoms with E-state index in [1.165, 1.54) is 17.0 Å². The molecule has 0 aliphatic rings. The number of sulfonamides is 1. The van der Waals surface area contributed by atoms with Crippen LogP contribution in [0.3, 0.4) is 0 Å². The van der Waals surface area contributed by atoms with Crippen LogP contribution >= 0.6 is 23.2 Å². The van der Waals surface area contributed by atoms with Gasteiger partial charge in [0.15, 0.2) is 0 Å². The molecule has 208 valence electrons. The van der Waals surface area contributed by atoms with Crippen molar-refractivity contribution in [3.8, 4) is 0 Å². The number of carbonyl (C=O) groups excluding carboxylic acids is 2. The van der Waals surface area contributed by atoms with Gasteiger partial charge in [-0.25, -0.2) is 8.42 Å². The quantitative estimate of drug-likeness (QED) is 0.294. The molecular weight excluding hydrogens is 557 g/mol. The van der Waals surface area contributed by atoms with Gasteiger partial charge in [0.1, 0.15) is 12.6 Å². The number of amides is 2. The lowest BCUT2D eigenvalue weighted by Crippen LogP contribution is -2.51. The Balaban J connectivity index is 2.06. The Labute approximate surface area is 240 Å². The van der Waals surface area contributed by atoms with Crippen molar-refractivity contribution in [2.24, 2.45) is 0 Å². The normalized spacial score (nSPS) is 12.0. The zero-order valence-electron chi connectivity index (χ0n) is 22.2. The average molecular weight is 591 g/mol. The zero-order chi connectivity index (χ0) is 28.6. The lowest BCUT2D eigenvalue weighted by atomic mass is 10.1. The summed E-state index contributed by atoms with van der Waals surface area (Å²) in [5.41, 5.74) is 1.76. The van der Waals surface area contributed by atoms with Crippen LogP contribution in [-0.4, -0.2) is 44.3 Å². The fourth-order valence-electron chi connectivity index (χ4n) is 4.10. The highest BCUT2D eigenvalue weighted by Gasteiger charge is 2.33. The summed E-state index contributed by atoms with van der Waals surface area (Å²) >= 11 is 12.5. The molecule has 3 aromatic rings. The molecule has 10 heteroatoms. The lowest BCUT2D eigenvalue weighted by molar-refractivity contribution is -0.139. The SMILES string of the molecule is CCCNC(=O)[C@H](C)N(Cc1ccc(Cl)cc1Cl)C(=O)CN(c1ccccc1CC)S(=O)(=O)c1ccccc1. The van der Waals surface area contributed by atoms with Crippen molar-refractivity contribution in [1.82, 2.24) is 10.2 Å². The summed E-state index contributed by atoms with van der Waals surface area (Å²) in [5.74, 6) is -0.896. The Morgan fingerprint density at radius 1 is 0.923 bits per heavy atom. The number of halogens is 2. The average Bonchev–Trinajstić information content (AvgIpc) is 2.94. The van der Waals surface area contributed by atoms with E-state index in [4.69, 9.17) is 23.2 Å². The van der Waals surface area contributed by atoms with Crippen molar-refractivity contribution in [2.75, 3.05) is 17.4 Å². The summed E-state index contributed by atoms with van der Waals surface area (Å²) in [7, 11) is -4.12. The zero-order valence-corrected chi connectivity index (χ0v) is 24.6. The summed E-state index contributed by atoms with van der Waals surface area (Å²) in [6.07, 6.45) is 1.29. The van der Waals surface area contributed by atoms with Crippen molar-refractivity contribution in [3.05, 3.63) is 94.0 Å². The fraction of sp³-hybridized carbons (Fsp3) is 0.310. The van der Waals surface area contributed by atoms with Gasteiger partial charge < -0.3 is 10.2 Å². The molecule has 0 saturated heterocycles. The Morgan fingerprint density at radius 2 is 1.59 bits per heavy atom. The van der Waals surface area contributed by atoms with E-state index in [2.05, 4.69) is 5.32 Å². The molecule has 0 spiro atoms. The summed E-state index contributed by atoms with van der Waals surface area (Å²) in [6, 6.07) is 19.1. The number of nitrogens with one attached hydrogen (secondary N) is 1. The van der Waals surface area contributed by atoms with Crippen LogP contribution in [0, 0.1) is 0 Å². The van der Waals surface area contributed by atoms with Crippen molar-refractivity contribution >= 4 is 50.7 Å². The van der Waals surface area contributed by atoms with Gasteiger partial charge >= 0.3 is 0 Å². The van der Waals surface area contributed by atoms with Crippen molar-refractivity contribution in [2.45, 2.75) is 51.1 Å². The van der Waals surface area contributed by atoms with E-state index in [1.54, 1.807) is 55.5 Å². The molecule has 1 atom stereocenters. The number of aryl methyl sites for hydroxylation is 1. The molecule has 0 aliphatic carbocycles. The maximum absolute atomic E-state index is 14.0.